The molecule has 2 aromatic carbocycles. The summed E-state index contributed by atoms with van der Waals surface area (Å²) in [5, 5.41) is 13.3. The molecule has 0 aliphatic carbocycles. The minimum Gasteiger partial charge on any atom is -0.434 e. The molecule has 0 fully saturated rings. The number of unbranched alkanes of at least 4 members (excludes halogenated alkanes) is 1. The molecule has 0 heterocycles. The van der Waals surface area contributed by atoms with E-state index >= 15 is 0 Å². The largest absolute Gasteiger partial charge is 0.434 e. The first-order valence-corrected chi connectivity index (χ1v) is 7.93. The van der Waals surface area contributed by atoms with Gasteiger partial charge in [-0.15, -0.1) is 0 Å². The molecular formula is C19H18F2N2O2. The molecule has 6 heteroatoms. The SMILES string of the molecule is CCCCNC(=O)/C(C#N)=C/c1c(OC(F)F)ccc2ccccc12. The fraction of sp³-hybridized carbons (Fsp3) is 0.263. The van der Waals surface area contributed by atoms with Gasteiger partial charge in [-0.2, -0.15) is 14.0 Å². The molecule has 130 valence electrons. The van der Waals surface area contributed by atoms with Crippen LogP contribution in [-0.2, 0) is 4.79 Å². The molecule has 0 unspecified atom stereocenters. The van der Waals surface area contributed by atoms with Crippen molar-refractivity contribution < 1.29 is 18.3 Å². The number of nitrogens with zero attached hydrogens (tertiary/aromatic N) is 1. The number of hydrogen-bond acceptors (Lipinski definition) is 3. The Labute approximate surface area is 144 Å². The highest BCUT2D eigenvalue weighted by Crippen LogP contribution is 2.31. The summed E-state index contributed by atoms with van der Waals surface area (Å²) in [6, 6.07) is 12.0. The van der Waals surface area contributed by atoms with Crippen LogP contribution in [0.5, 0.6) is 5.75 Å². The van der Waals surface area contributed by atoms with Crippen molar-refractivity contribution in [2.24, 2.45) is 0 Å². The van der Waals surface area contributed by atoms with E-state index in [1.54, 1.807) is 18.2 Å². The molecule has 25 heavy (non-hydrogen) atoms. The van der Waals surface area contributed by atoms with Crippen LogP contribution in [-0.4, -0.2) is 19.1 Å². The number of amides is 1. The van der Waals surface area contributed by atoms with Crippen LogP contribution in [0.25, 0.3) is 16.8 Å². The van der Waals surface area contributed by atoms with Crippen molar-refractivity contribution in [3.8, 4) is 11.8 Å². The molecule has 2 rings (SSSR count). The molecule has 0 radical (unpaired) electrons. The van der Waals surface area contributed by atoms with E-state index in [4.69, 9.17) is 0 Å². The highest BCUT2D eigenvalue weighted by molar-refractivity contribution is 6.04. The number of nitriles is 1. The Morgan fingerprint density at radius 2 is 2.08 bits per heavy atom. The van der Waals surface area contributed by atoms with Gasteiger partial charge in [0, 0.05) is 12.1 Å². The van der Waals surface area contributed by atoms with Crippen LogP contribution in [0.15, 0.2) is 42.0 Å². The predicted molar refractivity (Wildman–Crippen MR) is 92.1 cm³/mol. The lowest BCUT2D eigenvalue weighted by atomic mass is 10.0. The number of carbonyl (C=O) groups excluding carboxylic acids is 1. The molecule has 0 aliphatic heterocycles. The van der Waals surface area contributed by atoms with Gasteiger partial charge in [-0.1, -0.05) is 43.7 Å². The summed E-state index contributed by atoms with van der Waals surface area (Å²) in [6.07, 6.45) is 2.99. The quantitative estimate of drug-likeness (QED) is 0.464. The average molecular weight is 344 g/mol. The van der Waals surface area contributed by atoms with Crippen LogP contribution >= 0.6 is 0 Å². The van der Waals surface area contributed by atoms with E-state index in [-0.39, 0.29) is 16.9 Å². The molecule has 0 saturated carbocycles. The van der Waals surface area contributed by atoms with Crippen molar-refractivity contribution >= 4 is 22.8 Å². The highest BCUT2D eigenvalue weighted by Gasteiger charge is 2.15. The highest BCUT2D eigenvalue weighted by atomic mass is 19.3. The van der Waals surface area contributed by atoms with Crippen molar-refractivity contribution in [1.29, 1.82) is 5.26 Å². The number of alkyl halides is 2. The van der Waals surface area contributed by atoms with Gasteiger partial charge in [0.1, 0.15) is 17.4 Å². The molecule has 4 nitrogen and oxygen atoms in total. The summed E-state index contributed by atoms with van der Waals surface area (Å²) in [5.41, 5.74) is 0.118. The van der Waals surface area contributed by atoms with Crippen LogP contribution in [0.4, 0.5) is 8.78 Å². The average Bonchev–Trinajstić information content (AvgIpc) is 2.60. The maximum atomic E-state index is 12.7. The van der Waals surface area contributed by atoms with Crippen LogP contribution in [0, 0.1) is 11.3 Å². The Morgan fingerprint density at radius 3 is 2.76 bits per heavy atom. The summed E-state index contributed by atoms with van der Waals surface area (Å²) in [4.78, 5) is 12.1. The van der Waals surface area contributed by atoms with Gasteiger partial charge in [0.15, 0.2) is 0 Å². The van der Waals surface area contributed by atoms with Crippen LogP contribution < -0.4 is 10.1 Å². The number of carbonyl (C=O) groups is 1. The van der Waals surface area contributed by atoms with Crippen LogP contribution in [0.1, 0.15) is 25.3 Å². The van der Waals surface area contributed by atoms with Gasteiger partial charge in [0.05, 0.1) is 0 Å². The zero-order valence-electron chi connectivity index (χ0n) is 13.8. The van der Waals surface area contributed by atoms with E-state index < -0.39 is 12.5 Å². The third kappa shape index (κ3) is 4.77. The second kappa shape index (κ2) is 8.78. The lowest BCUT2D eigenvalue weighted by molar-refractivity contribution is -0.117. The van der Waals surface area contributed by atoms with E-state index in [1.165, 1.54) is 12.1 Å². The number of nitrogens with one attached hydrogen (secondary N) is 1. The van der Waals surface area contributed by atoms with Gasteiger partial charge in [-0.05, 0) is 29.3 Å². The maximum absolute atomic E-state index is 12.7. The standard InChI is InChI=1S/C19H18F2N2O2/c1-2-3-10-23-18(24)14(12-22)11-16-15-7-5-4-6-13(15)8-9-17(16)25-19(20)21/h4-9,11,19H,2-3,10H2,1H3,(H,23,24)/b14-11+. The minimum absolute atomic E-state index is 0.0807. The van der Waals surface area contributed by atoms with E-state index in [2.05, 4.69) is 10.1 Å². The predicted octanol–water partition coefficient (Wildman–Crippen LogP) is 4.26. The monoisotopic (exact) mass is 344 g/mol. The van der Waals surface area contributed by atoms with E-state index in [0.29, 0.717) is 11.9 Å². The normalized spacial score (nSPS) is 11.4. The van der Waals surface area contributed by atoms with Gasteiger partial charge in [0.25, 0.3) is 5.91 Å². The Hall–Kier alpha value is -2.94. The molecule has 0 saturated heterocycles. The number of benzene rings is 2. The topological polar surface area (TPSA) is 62.1 Å². The summed E-state index contributed by atoms with van der Waals surface area (Å²) in [6.45, 7) is -0.570. The zero-order valence-corrected chi connectivity index (χ0v) is 13.8. The lowest BCUT2D eigenvalue weighted by Crippen LogP contribution is -2.25. The maximum Gasteiger partial charge on any atom is 0.387 e. The van der Waals surface area contributed by atoms with E-state index in [0.717, 1.165) is 18.2 Å². The lowest BCUT2D eigenvalue weighted by Gasteiger charge is -2.12. The van der Waals surface area contributed by atoms with Gasteiger partial charge < -0.3 is 10.1 Å². The third-order valence-electron chi connectivity index (χ3n) is 3.62. The minimum atomic E-state index is -3.00. The van der Waals surface area contributed by atoms with Crippen molar-refractivity contribution in [2.75, 3.05) is 6.54 Å². The Morgan fingerprint density at radius 1 is 1.32 bits per heavy atom. The molecule has 2 aromatic rings. The van der Waals surface area contributed by atoms with Crippen LogP contribution in [0.3, 0.4) is 0 Å². The summed E-state index contributed by atoms with van der Waals surface area (Å²) in [5.74, 6) is -0.616. The van der Waals surface area contributed by atoms with E-state index in [9.17, 15) is 18.8 Å². The molecular weight excluding hydrogens is 326 g/mol. The molecule has 0 aliphatic rings. The molecule has 0 atom stereocenters. The van der Waals surface area contributed by atoms with Gasteiger partial charge in [-0.25, -0.2) is 0 Å². The number of ether oxygens (including phenoxy) is 1. The zero-order chi connectivity index (χ0) is 18.2. The Balaban J connectivity index is 2.48. The van der Waals surface area contributed by atoms with E-state index in [1.807, 2.05) is 25.1 Å². The van der Waals surface area contributed by atoms with Crippen molar-refractivity contribution in [2.45, 2.75) is 26.4 Å². The fourth-order valence-electron chi connectivity index (χ4n) is 2.39. The molecule has 1 amide bonds. The summed E-state index contributed by atoms with van der Waals surface area (Å²) in [7, 11) is 0. The summed E-state index contributed by atoms with van der Waals surface area (Å²) < 4.78 is 30.0. The van der Waals surface area contributed by atoms with Crippen molar-refractivity contribution in [3.05, 3.63) is 47.5 Å². The summed E-state index contributed by atoms with van der Waals surface area (Å²) >= 11 is 0. The number of rotatable bonds is 7. The first-order valence-electron chi connectivity index (χ1n) is 7.93. The Kier molecular flexibility index (Phi) is 6.47. The first-order chi connectivity index (χ1) is 12.1. The van der Waals surface area contributed by atoms with Crippen molar-refractivity contribution in [3.63, 3.8) is 0 Å². The molecule has 0 bridgehead atoms. The van der Waals surface area contributed by atoms with Gasteiger partial charge >= 0.3 is 6.61 Å². The fourth-order valence-corrected chi connectivity index (χ4v) is 2.39. The second-order valence-electron chi connectivity index (χ2n) is 5.36. The third-order valence-corrected chi connectivity index (χ3v) is 3.62. The molecule has 0 spiro atoms. The molecule has 1 N–H and O–H groups in total. The van der Waals surface area contributed by atoms with Gasteiger partial charge in [-0.3, -0.25) is 4.79 Å². The first kappa shape index (κ1) is 18.4. The van der Waals surface area contributed by atoms with Crippen LogP contribution in [0.2, 0.25) is 0 Å². The number of fused-ring (bicyclic) bond motifs is 1. The smallest absolute Gasteiger partial charge is 0.387 e. The van der Waals surface area contributed by atoms with Crippen molar-refractivity contribution in [1.82, 2.24) is 5.32 Å². The second-order valence-corrected chi connectivity index (χ2v) is 5.36. The number of halogens is 2. The van der Waals surface area contributed by atoms with Gasteiger partial charge in [0.2, 0.25) is 0 Å². The number of hydrogen-bond donors (Lipinski definition) is 1. The Bertz CT molecular complexity index is 826. The molecule has 0 aromatic heterocycles.